The smallest absolute Gasteiger partial charge is 0.416 e. The van der Waals surface area contributed by atoms with Gasteiger partial charge in [-0.25, -0.2) is 4.90 Å². The molecule has 2 aliphatic heterocycles. The summed E-state index contributed by atoms with van der Waals surface area (Å²) in [6.07, 6.45) is -4.67. The van der Waals surface area contributed by atoms with Crippen LogP contribution in [0.25, 0.3) is 0 Å². The van der Waals surface area contributed by atoms with E-state index in [9.17, 15) is 32.3 Å². The van der Waals surface area contributed by atoms with Gasteiger partial charge in [-0.05, 0) is 67.4 Å². The van der Waals surface area contributed by atoms with E-state index in [4.69, 9.17) is 9.47 Å². The second kappa shape index (κ2) is 12.3. The number of imide groups is 1. The standard InChI is InChI=1S/C32H26F3N3O6S2/c1-3-43-22-13-17(10-11-21(22)44-15-23(39)36-19-8-4-6-16(2)12-19)24-25-27(45-28-26(24)46-31(42)37-28)30(41)38(29(25)40)20-9-5-7-18(14-20)32(33,34)35/h4-14,24-25,27H,3,15H2,1-2H3,(H,36,39)(H,37,42)/t24-,25-,27+/m0/s1. The summed E-state index contributed by atoms with van der Waals surface area (Å²) in [5, 5.41) is 2.19. The second-order valence-electron chi connectivity index (χ2n) is 10.7. The van der Waals surface area contributed by atoms with Crippen LogP contribution >= 0.6 is 23.1 Å². The molecule has 1 fully saturated rings. The van der Waals surface area contributed by atoms with Crippen molar-refractivity contribution in [2.24, 2.45) is 5.92 Å². The van der Waals surface area contributed by atoms with Crippen LogP contribution in [0.1, 0.15) is 34.4 Å². The van der Waals surface area contributed by atoms with Gasteiger partial charge >= 0.3 is 11.0 Å². The van der Waals surface area contributed by atoms with E-state index in [1.165, 1.54) is 6.07 Å². The monoisotopic (exact) mass is 669 g/mol. The number of alkyl halides is 3. The molecular formula is C32H26F3N3O6S2. The number of aromatic nitrogens is 1. The number of carbonyl (C=O) groups is 3. The van der Waals surface area contributed by atoms with Gasteiger partial charge in [-0.3, -0.25) is 19.2 Å². The van der Waals surface area contributed by atoms with Crippen LogP contribution in [0.5, 0.6) is 11.5 Å². The third-order valence-corrected chi connectivity index (χ3v) is 9.94. The number of fused-ring (bicyclic) bond motifs is 2. The van der Waals surface area contributed by atoms with Crippen LogP contribution in [-0.2, 0) is 20.6 Å². The Labute approximate surface area is 268 Å². The van der Waals surface area contributed by atoms with Crippen LogP contribution in [0.15, 0.2) is 76.6 Å². The number of benzene rings is 3. The fraction of sp³-hybridized carbons (Fsp3) is 0.250. The molecule has 0 aliphatic carbocycles. The zero-order valence-corrected chi connectivity index (χ0v) is 26.0. The zero-order chi connectivity index (χ0) is 32.7. The highest BCUT2D eigenvalue weighted by atomic mass is 32.2. The summed E-state index contributed by atoms with van der Waals surface area (Å²) < 4.78 is 52.1. The lowest BCUT2D eigenvalue weighted by Gasteiger charge is -2.30. The number of hydrogen-bond donors (Lipinski definition) is 2. The van der Waals surface area contributed by atoms with Crippen LogP contribution in [-0.4, -0.2) is 41.2 Å². The van der Waals surface area contributed by atoms with E-state index in [0.717, 1.165) is 51.8 Å². The lowest BCUT2D eigenvalue weighted by Crippen LogP contribution is -2.32. The zero-order valence-electron chi connectivity index (χ0n) is 24.3. The van der Waals surface area contributed by atoms with Crippen molar-refractivity contribution >= 4 is 52.2 Å². The van der Waals surface area contributed by atoms with Gasteiger partial charge in [0.1, 0.15) is 5.25 Å². The molecule has 4 aromatic rings. The molecule has 238 valence electrons. The molecule has 2 aliphatic rings. The number of thiazole rings is 1. The molecule has 0 bridgehead atoms. The Bertz CT molecular complexity index is 1910. The fourth-order valence-corrected chi connectivity index (χ4v) is 8.14. The van der Waals surface area contributed by atoms with Gasteiger partial charge < -0.3 is 19.8 Å². The number of rotatable bonds is 8. The Hall–Kier alpha value is -4.56. The van der Waals surface area contributed by atoms with Gasteiger partial charge in [0.05, 0.1) is 28.8 Å². The van der Waals surface area contributed by atoms with E-state index in [0.29, 0.717) is 21.2 Å². The van der Waals surface area contributed by atoms with Gasteiger partial charge in [-0.1, -0.05) is 47.4 Å². The van der Waals surface area contributed by atoms with Gasteiger partial charge in [0.2, 0.25) is 11.8 Å². The van der Waals surface area contributed by atoms with Crippen LogP contribution in [0, 0.1) is 12.8 Å². The molecule has 0 saturated carbocycles. The average molecular weight is 670 g/mol. The number of nitrogens with one attached hydrogen (secondary N) is 2. The first-order valence-corrected chi connectivity index (χ1v) is 15.8. The van der Waals surface area contributed by atoms with Gasteiger partial charge in [-0.2, -0.15) is 13.2 Å². The molecule has 3 aromatic carbocycles. The summed E-state index contributed by atoms with van der Waals surface area (Å²) in [6.45, 7) is 3.59. The minimum atomic E-state index is -4.67. The van der Waals surface area contributed by atoms with Crippen LogP contribution in [0.3, 0.4) is 0 Å². The Morgan fingerprint density at radius 3 is 2.50 bits per heavy atom. The van der Waals surface area contributed by atoms with Gasteiger partial charge in [0.15, 0.2) is 18.1 Å². The van der Waals surface area contributed by atoms with E-state index in [2.05, 4.69) is 10.3 Å². The van der Waals surface area contributed by atoms with E-state index in [-0.39, 0.29) is 35.3 Å². The quantitative estimate of drug-likeness (QED) is 0.222. The molecule has 9 nitrogen and oxygen atoms in total. The van der Waals surface area contributed by atoms with Crippen molar-refractivity contribution in [1.29, 1.82) is 0 Å². The normalized spacial score (nSPS) is 19.1. The number of ether oxygens (including phenoxy) is 2. The summed E-state index contributed by atoms with van der Waals surface area (Å²) in [6, 6.07) is 16.3. The Morgan fingerprint density at radius 2 is 1.76 bits per heavy atom. The average Bonchev–Trinajstić information content (AvgIpc) is 3.50. The molecule has 3 atom stereocenters. The summed E-state index contributed by atoms with van der Waals surface area (Å²) in [7, 11) is 0. The maximum absolute atomic E-state index is 14.0. The first-order chi connectivity index (χ1) is 21.9. The molecule has 0 radical (unpaired) electrons. The molecule has 0 unspecified atom stereocenters. The van der Waals surface area contributed by atoms with Crippen molar-refractivity contribution in [3.63, 3.8) is 0 Å². The molecule has 6 rings (SSSR count). The Balaban J connectivity index is 1.32. The van der Waals surface area contributed by atoms with Crippen molar-refractivity contribution in [1.82, 2.24) is 4.98 Å². The maximum Gasteiger partial charge on any atom is 0.416 e. The molecule has 46 heavy (non-hydrogen) atoms. The lowest BCUT2D eigenvalue weighted by molar-refractivity contribution is -0.137. The predicted octanol–water partition coefficient (Wildman–Crippen LogP) is 5.98. The van der Waals surface area contributed by atoms with E-state index < -0.39 is 46.5 Å². The number of aromatic amines is 1. The highest BCUT2D eigenvalue weighted by Crippen LogP contribution is 2.54. The van der Waals surface area contributed by atoms with Crippen molar-refractivity contribution in [2.45, 2.75) is 36.2 Å². The number of hydrogen-bond acceptors (Lipinski definition) is 8. The second-order valence-corrected chi connectivity index (χ2v) is 12.8. The number of H-pyrrole nitrogens is 1. The topological polar surface area (TPSA) is 118 Å². The number of thioether (sulfide) groups is 1. The van der Waals surface area contributed by atoms with E-state index in [1.54, 1.807) is 31.2 Å². The van der Waals surface area contributed by atoms with E-state index >= 15 is 0 Å². The largest absolute Gasteiger partial charge is 0.490 e. The molecule has 2 N–H and O–H groups in total. The van der Waals surface area contributed by atoms with E-state index in [1.807, 2.05) is 25.1 Å². The molecule has 3 heterocycles. The van der Waals surface area contributed by atoms with Crippen molar-refractivity contribution in [3.8, 4) is 11.5 Å². The summed E-state index contributed by atoms with van der Waals surface area (Å²) in [5.41, 5.74) is 0.955. The molecule has 1 aromatic heterocycles. The van der Waals surface area contributed by atoms with Crippen molar-refractivity contribution < 1.29 is 37.0 Å². The number of aryl methyl sites for hydroxylation is 1. The molecular weight excluding hydrogens is 643 g/mol. The van der Waals surface area contributed by atoms with Crippen LogP contribution < -0.4 is 24.6 Å². The lowest BCUT2D eigenvalue weighted by atomic mass is 9.83. The number of carbonyl (C=O) groups excluding carboxylic acids is 3. The minimum Gasteiger partial charge on any atom is -0.490 e. The third kappa shape index (κ3) is 6.01. The number of halogens is 3. The number of nitrogens with zero attached hydrogens (tertiary/aromatic N) is 1. The minimum absolute atomic E-state index is 0.182. The summed E-state index contributed by atoms with van der Waals surface area (Å²) in [5.74, 6) is -3.03. The van der Waals surface area contributed by atoms with Crippen LogP contribution in [0.4, 0.5) is 24.5 Å². The number of amides is 3. The molecule has 3 amide bonds. The molecule has 0 spiro atoms. The Kier molecular flexibility index (Phi) is 8.42. The molecule has 14 heteroatoms. The van der Waals surface area contributed by atoms with Gasteiger partial charge in [0, 0.05) is 16.5 Å². The highest BCUT2D eigenvalue weighted by Gasteiger charge is 2.56. The molecule has 1 saturated heterocycles. The SMILES string of the molecule is CCOc1cc([C@@H]2c3sc(=O)[nH]c3S[C@H]3C(=O)N(c4cccc(C(F)(F)F)c4)C(=O)[C@@H]23)ccc1OCC(=O)Nc1cccc(C)c1. The first kappa shape index (κ1) is 31.4. The highest BCUT2D eigenvalue weighted by molar-refractivity contribution is 8.00. The van der Waals surface area contributed by atoms with Crippen molar-refractivity contribution in [3.05, 3.63) is 98.0 Å². The van der Waals surface area contributed by atoms with Gasteiger partial charge in [-0.15, -0.1) is 0 Å². The fourth-order valence-electron chi connectivity index (χ4n) is 5.62. The number of anilines is 2. The third-order valence-electron chi connectivity index (χ3n) is 7.54. The van der Waals surface area contributed by atoms with Gasteiger partial charge in [0.25, 0.3) is 5.91 Å². The van der Waals surface area contributed by atoms with Crippen LogP contribution in [0.2, 0.25) is 0 Å². The first-order valence-electron chi connectivity index (χ1n) is 14.2. The predicted molar refractivity (Wildman–Crippen MR) is 167 cm³/mol. The maximum atomic E-state index is 14.0. The van der Waals surface area contributed by atoms with Crippen molar-refractivity contribution in [2.75, 3.05) is 23.4 Å². The Morgan fingerprint density at radius 1 is 0.978 bits per heavy atom. The summed E-state index contributed by atoms with van der Waals surface area (Å²) >= 11 is 1.92. The summed E-state index contributed by atoms with van der Waals surface area (Å²) in [4.78, 5) is 56.3.